The normalized spacial score (nSPS) is 19.8. The van der Waals surface area contributed by atoms with Crippen LogP contribution in [-0.4, -0.2) is 41.6 Å². The number of fused-ring (bicyclic) bond motifs is 1. The number of ether oxygens (including phenoxy) is 1. The lowest BCUT2D eigenvalue weighted by molar-refractivity contribution is 0.151. The number of anilines is 2. The van der Waals surface area contributed by atoms with E-state index in [9.17, 15) is 0 Å². The van der Waals surface area contributed by atoms with Crippen LogP contribution in [0.2, 0.25) is 0 Å². The second-order valence-electron chi connectivity index (χ2n) is 5.70. The number of nitrogens with zero attached hydrogens (tertiary/aromatic N) is 3. The van der Waals surface area contributed by atoms with Crippen molar-refractivity contribution in [2.75, 3.05) is 38.2 Å². The number of nitrogens with two attached hydrogens (primary N) is 2. The number of hydrogen-bond acceptors (Lipinski definition) is 6. The zero-order valence-corrected chi connectivity index (χ0v) is 12.2. The Hall–Kier alpha value is -2.08. The molecule has 0 bridgehead atoms. The van der Waals surface area contributed by atoms with Gasteiger partial charge in [-0.3, -0.25) is 0 Å². The molecule has 1 unspecified atom stereocenters. The van der Waals surface area contributed by atoms with E-state index >= 15 is 0 Å². The fourth-order valence-corrected chi connectivity index (χ4v) is 2.94. The second kappa shape index (κ2) is 5.73. The van der Waals surface area contributed by atoms with E-state index in [2.05, 4.69) is 21.9 Å². The van der Waals surface area contributed by atoms with Gasteiger partial charge in [0.15, 0.2) is 0 Å². The molecule has 2 heterocycles. The number of nitrogen functional groups attached to an aromatic ring is 2. The summed E-state index contributed by atoms with van der Waals surface area (Å²) in [7, 11) is 2.15. The molecule has 0 amide bonds. The quantitative estimate of drug-likeness (QED) is 0.889. The number of benzene rings is 1. The molecule has 1 saturated heterocycles. The Kier molecular flexibility index (Phi) is 3.79. The number of likely N-dealkylation sites (tertiary alicyclic amines) is 1. The van der Waals surface area contributed by atoms with Gasteiger partial charge in [-0.15, -0.1) is 0 Å². The molecule has 3 rings (SSSR count). The van der Waals surface area contributed by atoms with Crippen molar-refractivity contribution in [3.8, 4) is 5.75 Å². The molecule has 6 heteroatoms. The molecule has 112 valence electrons. The molecule has 0 radical (unpaired) electrons. The summed E-state index contributed by atoms with van der Waals surface area (Å²) in [5.74, 6) is 1.84. The molecule has 6 nitrogen and oxygen atoms in total. The molecule has 21 heavy (non-hydrogen) atoms. The SMILES string of the molecule is CN1CCCC(COc2cccc3nc(N)nc(N)c23)C1. The standard InChI is InChI=1S/C15H21N5O/c1-20-7-3-4-10(8-20)9-21-12-6-2-5-11-13(12)14(16)19-15(17)18-11/h2,5-6,10H,3-4,7-9H2,1H3,(H4,16,17,18,19). The molecule has 1 atom stereocenters. The van der Waals surface area contributed by atoms with Crippen molar-refractivity contribution in [3.05, 3.63) is 18.2 Å². The van der Waals surface area contributed by atoms with Gasteiger partial charge < -0.3 is 21.1 Å². The van der Waals surface area contributed by atoms with E-state index in [-0.39, 0.29) is 5.95 Å². The van der Waals surface area contributed by atoms with Crippen molar-refractivity contribution < 1.29 is 4.74 Å². The monoisotopic (exact) mass is 287 g/mol. The number of hydrogen-bond donors (Lipinski definition) is 2. The summed E-state index contributed by atoms with van der Waals surface area (Å²) >= 11 is 0. The van der Waals surface area contributed by atoms with Crippen LogP contribution < -0.4 is 16.2 Å². The largest absolute Gasteiger partial charge is 0.492 e. The Bertz CT molecular complexity index is 645. The predicted molar refractivity (Wildman–Crippen MR) is 84.1 cm³/mol. The highest BCUT2D eigenvalue weighted by atomic mass is 16.5. The van der Waals surface area contributed by atoms with E-state index < -0.39 is 0 Å². The van der Waals surface area contributed by atoms with Crippen LogP contribution in [0.3, 0.4) is 0 Å². The lowest BCUT2D eigenvalue weighted by Gasteiger charge is -2.29. The van der Waals surface area contributed by atoms with Gasteiger partial charge in [0.2, 0.25) is 5.95 Å². The van der Waals surface area contributed by atoms with Gasteiger partial charge in [-0.25, -0.2) is 4.98 Å². The van der Waals surface area contributed by atoms with Crippen LogP contribution in [0, 0.1) is 5.92 Å². The smallest absolute Gasteiger partial charge is 0.222 e. The van der Waals surface area contributed by atoms with Crippen molar-refractivity contribution >= 4 is 22.7 Å². The van der Waals surface area contributed by atoms with Crippen molar-refractivity contribution in [2.24, 2.45) is 5.92 Å². The summed E-state index contributed by atoms with van der Waals surface area (Å²) in [5.41, 5.74) is 12.3. The van der Waals surface area contributed by atoms with Gasteiger partial charge in [-0.1, -0.05) is 6.07 Å². The minimum Gasteiger partial charge on any atom is -0.492 e. The minimum absolute atomic E-state index is 0.186. The first-order valence-corrected chi connectivity index (χ1v) is 7.26. The van der Waals surface area contributed by atoms with Crippen LogP contribution >= 0.6 is 0 Å². The van der Waals surface area contributed by atoms with Crippen LogP contribution in [0.5, 0.6) is 5.75 Å². The molecular weight excluding hydrogens is 266 g/mol. The van der Waals surface area contributed by atoms with Gasteiger partial charge in [0.05, 0.1) is 17.5 Å². The number of rotatable bonds is 3. The number of aromatic nitrogens is 2. The van der Waals surface area contributed by atoms with Crippen LogP contribution in [0.25, 0.3) is 10.9 Å². The van der Waals surface area contributed by atoms with Gasteiger partial charge in [-0.05, 0) is 38.6 Å². The lowest BCUT2D eigenvalue weighted by atomic mass is 9.99. The van der Waals surface area contributed by atoms with Crippen LogP contribution in [0.1, 0.15) is 12.8 Å². The average Bonchev–Trinajstić information content (AvgIpc) is 2.44. The minimum atomic E-state index is 0.186. The van der Waals surface area contributed by atoms with Crippen LogP contribution in [0.4, 0.5) is 11.8 Å². The van der Waals surface area contributed by atoms with E-state index in [1.165, 1.54) is 19.4 Å². The third-order valence-electron chi connectivity index (χ3n) is 3.93. The van der Waals surface area contributed by atoms with Crippen LogP contribution in [0.15, 0.2) is 18.2 Å². The van der Waals surface area contributed by atoms with Gasteiger partial charge in [0.1, 0.15) is 11.6 Å². The highest BCUT2D eigenvalue weighted by Crippen LogP contribution is 2.29. The first kappa shape index (κ1) is 13.9. The molecule has 1 aliphatic heterocycles. The van der Waals surface area contributed by atoms with Gasteiger partial charge in [-0.2, -0.15) is 4.98 Å². The highest BCUT2D eigenvalue weighted by Gasteiger charge is 2.18. The topological polar surface area (TPSA) is 90.3 Å². The molecule has 4 N–H and O–H groups in total. The average molecular weight is 287 g/mol. The van der Waals surface area contributed by atoms with Crippen molar-refractivity contribution in [1.29, 1.82) is 0 Å². The molecule has 0 aliphatic carbocycles. The maximum atomic E-state index is 6.00. The van der Waals surface area contributed by atoms with Crippen molar-refractivity contribution in [3.63, 3.8) is 0 Å². The van der Waals surface area contributed by atoms with E-state index in [4.69, 9.17) is 16.2 Å². The zero-order valence-electron chi connectivity index (χ0n) is 12.2. The van der Waals surface area contributed by atoms with Gasteiger partial charge in [0, 0.05) is 12.5 Å². The molecule has 1 aromatic heterocycles. The second-order valence-corrected chi connectivity index (χ2v) is 5.70. The fourth-order valence-electron chi connectivity index (χ4n) is 2.94. The van der Waals surface area contributed by atoms with E-state index in [0.717, 1.165) is 23.2 Å². The Morgan fingerprint density at radius 1 is 1.33 bits per heavy atom. The molecule has 1 aliphatic rings. The Labute approximate surface area is 124 Å². The van der Waals surface area contributed by atoms with Crippen LogP contribution in [-0.2, 0) is 0 Å². The molecule has 1 fully saturated rings. The highest BCUT2D eigenvalue weighted by molar-refractivity contribution is 5.94. The maximum Gasteiger partial charge on any atom is 0.222 e. The lowest BCUT2D eigenvalue weighted by Crippen LogP contribution is -2.34. The Morgan fingerprint density at radius 2 is 2.19 bits per heavy atom. The third-order valence-corrected chi connectivity index (χ3v) is 3.93. The Morgan fingerprint density at radius 3 is 3.00 bits per heavy atom. The van der Waals surface area contributed by atoms with E-state index in [1.54, 1.807) is 0 Å². The fraction of sp³-hybridized carbons (Fsp3) is 0.467. The summed E-state index contributed by atoms with van der Waals surface area (Å²) < 4.78 is 6.00. The zero-order chi connectivity index (χ0) is 14.8. The summed E-state index contributed by atoms with van der Waals surface area (Å²) in [5, 5.41) is 0.746. The summed E-state index contributed by atoms with van der Waals surface area (Å²) in [6.07, 6.45) is 2.43. The van der Waals surface area contributed by atoms with Gasteiger partial charge in [0.25, 0.3) is 0 Å². The maximum absolute atomic E-state index is 6.00. The summed E-state index contributed by atoms with van der Waals surface area (Å²) in [6.45, 7) is 2.93. The first-order chi connectivity index (χ1) is 10.1. The molecule has 2 aromatic rings. The molecule has 0 saturated carbocycles. The Balaban J connectivity index is 1.81. The summed E-state index contributed by atoms with van der Waals surface area (Å²) in [6, 6.07) is 5.67. The molecule has 0 spiro atoms. The molecular formula is C15H21N5O. The predicted octanol–water partition coefficient (Wildman–Crippen LogP) is 1.51. The number of piperidine rings is 1. The van der Waals surface area contributed by atoms with Gasteiger partial charge >= 0.3 is 0 Å². The van der Waals surface area contributed by atoms with E-state index in [0.29, 0.717) is 18.3 Å². The first-order valence-electron chi connectivity index (χ1n) is 7.26. The summed E-state index contributed by atoms with van der Waals surface area (Å²) in [4.78, 5) is 10.6. The third kappa shape index (κ3) is 3.00. The van der Waals surface area contributed by atoms with Crippen molar-refractivity contribution in [2.45, 2.75) is 12.8 Å². The molecule has 1 aromatic carbocycles. The van der Waals surface area contributed by atoms with Crippen molar-refractivity contribution in [1.82, 2.24) is 14.9 Å². The van der Waals surface area contributed by atoms with E-state index in [1.807, 2.05) is 18.2 Å².